The summed E-state index contributed by atoms with van der Waals surface area (Å²) in [4.78, 5) is 0. The van der Waals surface area contributed by atoms with Crippen LogP contribution in [-0.2, 0) is 0 Å². The van der Waals surface area contributed by atoms with Gasteiger partial charge in [0.05, 0.1) is 0 Å². The third kappa shape index (κ3) is 12.2. The highest BCUT2D eigenvalue weighted by Gasteiger charge is 1.97. The number of hydrogen-bond acceptors (Lipinski definition) is 1. The largest absolute Gasteiger partial charge is 0.378 e. The van der Waals surface area contributed by atoms with Crippen molar-refractivity contribution in [2.75, 3.05) is 0 Å². The molecule has 1 nitrogen and oxygen atoms in total. The maximum atomic E-state index is 8.82. The number of aliphatic hydroxyl groups is 1. The zero-order valence-electron chi connectivity index (χ0n) is 9.47. The van der Waals surface area contributed by atoms with Gasteiger partial charge in [0.1, 0.15) is 5.56 Å². The molecular weight excluding hydrogens is 196 g/mol. The second-order valence-electron chi connectivity index (χ2n) is 4.05. The van der Waals surface area contributed by atoms with Gasteiger partial charge in [-0.3, -0.25) is 0 Å². The summed E-state index contributed by atoms with van der Waals surface area (Å²) in [7, 11) is 0. The van der Waals surface area contributed by atoms with Crippen LogP contribution in [0.2, 0.25) is 0 Å². The van der Waals surface area contributed by atoms with Crippen LogP contribution >= 0.6 is 11.6 Å². The summed E-state index contributed by atoms with van der Waals surface area (Å²) in [5.41, 5.74) is -0.625. The van der Waals surface area contributed by atoms with E-state index in [0.29, 0.717) is 0 Å². The van der Waals surface area contributed by atoms with Crippen LogP contribution in [0.15, 0.2) is 0 Å². The molecular formula is C12H25ClO. The average molecular weight is 221 g/mol. The number of alkyl halides is 1. The summed E-state index contributed by atoms with van der Waals surface area (Å²) in [5.74, 6) is 0. The van der Waals surface area contributed by atoms with Gasteiger partial charge in [0.15, 0.2) is 0 Å². The third-order valence-corrected chi connectivity index (χ3v) is 2.76. The summed E-state index contributed by atoms with van der Waals surface area (Å²) in [6, 6.07) is 0. The fourth-order valence-electron chi connectivity index (χ4n) is 1.62. The predicted molar refractivity (Wildman–Crippen MR) is 63.7 cm³/mol. The van der Waals surface area contributed by atoms with Gasteiger partial charge >= 0.3 is 0 Å². The molecule has 0 aliphatic carbocycles. The van der Waals surface area contributed by atoms with Gasteiger partial charge in [0.2, 0.25) is 0 Å². The minimum absolute atomic E-state index is 0.625. The van der Waals surface area contributed by atoms with E-state index in [0.717, 1.165) is 12.8 Å². The van der Waals surface area contributed by atoms with Crippen molar-refractivity contribution >= 4 is 11.6 Å². The van der Waals surface area contributed by atoms with Gasteiger partial charge in [0.25, 0.3) is 0 Å². The van der Waals surface area contributed by atoms with Crippen LogP contribution in [0.3, 0.4) is 0 Å². The third-order valence-electron chi connectivity index (χ3n) is 2.55. The molecule has 0 spiro atoms. The fourth-order valence-corrected chi connectivity index (χ4v) is 1.78. The van der Waals surface area contributed by atoms with Gasteiger partial charge in [0, 0.05) is 0 Å². The SMILES string of the molecule is CCCCCCCCCCCC(O)Cl. The van der Waals surface area contributed by atoms with Crippen molar-refractivity contribution in [1.29, 1.82) is 0 Å². The van der Waals surface area contributed by atoms with Crippen LogP contribution in [0, 0.1) is 0 Å². The molecule has 0 heterocycles. The minimum atomic E-state index is -0.625. The Balaban J connectivity index is 2.85. The number of halogens is 1. The van der Waals surface area contributed by atoms with Gasteiger partial charge in [-0.05, 0) is 12.8 Å². The Hall–Kier alpha value is 0.250. The van der Waals surface area contributed by atoms with E-state index in [1.165, 1.54) is 51.4 Å². The second-order valence-corrected chi connectivity index (χ2v) is 4.56. The Morgan fingerprint density at radius 3 is 1.71 bits per heavy atom. The smallest absolute Gasteiger partial charge is 0.128 e. The number of aliphatic hydroxyl groups excluding tert-OH is 1. The van der Waals surface area contributed by atoms with Crippen LogP contribution < -0.4 is 0 Å². The monoisotopic (exact) mass is 220 g/mol. The number of hydrogen-bond donors (Lipinski definition) is 1. The highest BCUT2D eigenvalue weighted by molar-refractivity contribution is 6.19. The minimum Gasteiger partial charge on any atom is -0.378 e. The summed E-state index contributed by atoms with van der Waals surface area (Å²) < 4.78 is 0. The second kappa shape index (κ2) is 11.3. The van der Waals surface area contributed by atoms with E-state index in [-0.39, 0.29) is 0 Å². The van der Waals surface area contributed by atoms with E-state index in [1.54, 1.807) is 0 Å². The van der Waals surface area contributed by atoms with Crippen molar-refractivity contribution in [3.63, 3.8) is 0 Å². The van der Waals surface area contributed by atoms with Crippen molar-refractivity contribution in [3.8, 4) is 0 Å². The van der Waals surface area contributed by atoms with E-state index in [4.69, 9.17) is 16.7 Å². The predicted octanol–water partition coefficient (Wildman–Crippen LogP) is 4.46. The normalized spacial score (nSPS) is 13.1. The molecule has 0 amide bonds. The highest BCUT2D eigenvalue weighted by atomic mass is 35.5. The van der Waals surface area contributed by atoms with E-state index >= 15 is 0 Å². The van der Waals surface area contributed by atoms with Crippen molar-refractivity contribution in [3.05, 3.63) is 0 Å². The fraction of sp³-hybridized carbons (Fsp3) is 1.00. The Morgan fingerprint density at radius 2 is 1.29 bits per heavy atom. The lowest BCUT2D eigenvalue weighted by atomic mass is 10.1. The maximum Gasteiger partial charge on any atom is 0.128 e. The Bertz CT molecular complexity index is 104. The molecule has 14 heavy (non-hydrogen) atoms. The van der Waals surface area contributed by atoms with E-state index in [9.17, 15) is 0 Å². The summed E-state index contributed by atoms with van der Waals surface area (Å²) in [6.07, 6.45) is 12.6. The number of unbranched alkanes of at least 4 members (excludes halogenated alkanes) is 8. The van der Waals surface area contributed by atoms with Gasteiger partial charge in [-0.1, -0.05) is 69.9 Å². The van der Waals surface area contributed by atoms with Crippen molar-refractivity contribution in [2.24, 2.45) is 0 Å². The summed E-state index contributed by atoms with van der Waals surface area (Å²) in [6.45, 7) is 2.25. The quantitative estimate of drug-likeness (QED) is 0.426. The molecule has 2 heteroatoms. The molecule has 0 aliphatic heterocycles. The van der Waals surface area contributed by atoms with Crippen molar-refractivity contribution < 1.29 is 5.11 Å². The van der Waals surface area contributed by atoms with Crippen LogP contribution in [0.25, 0.3) is 0 Å². The molecule has 0 aromatic heterocycles. The molecule has 0 saturated carbocycles. The molecule has 0 aromatic carbocycles. The Labute approximate surface area is 93.9 Å². The number of rotatable bonds is 10. The summed E-state index contributed by atoms with van der Waals surface area (Å²) >= 11 is 5.43. The molecule has 1 unspecified atom stereocenters. The van der Waals surface area contributed by atoms with Gasteiger partial charge < -0.3 is 5.11 Å². The topological polar surface area (TPSA) is 20.2 Å². The van der Waals surface area contributed by atoms with E-state index < -0.39 is 5.56 Å². The first-order valence-electron chi connectivity index (χ1n) is 6.09. The van der Waals surface area contributed by atoms with Crippen molar-refractivity contribution in [1.82, 2.24) is 0 Å². The molecule has 0 rings (SSSR count). The first kappa shape index (κ1) is 14.2. The lowest BCUT2D eigenvalue weighted by Crippen LogP contribution is -1.94. The van der Waals surface area contributed by atoms with Crippen LogP contribution in [0.1, 0.15) is 71.1 Å². The first-order chi connectivity index (χ1) is 6.77. The molecule has 0 aromatic rings. The van der Waals surface area contributed by atoms with Gasteiger partial charge in [-0.2, -0.15) is 0 Å². The molecule has 0 saturated heterocycles. The van der Waals surface area contributed by atoms with Crippen molar-refractivity contribution in [2.45, 2.75) is 76.7 Å². The maximum absolute atomic E-state index is 8.82. The van der Waals surface area contributed by atoms with Crippen LogP contribution in [0.5, 0.6) is 0 Å². The molecule has 0 fully saturated rings. The average Bonchev–Trinajstić information content (AvgIpc) is 2.15. The van der Waals surface area contributed by atoms with Gasteiger partial charge in [-0.15, -0.1) is 0 Å². The highest BCUT2D eigenvalue weighted by Crippen LogP contribution is 2.11. The van der Waals surface area contributed by atoms with E-state index in [2.05, 4.69) is 6.92 Å². The lowest BCUT2D eigenvalue weighted by molar-refractivity contribution is 0.240. The first-order valence-corrected chi connectivity index (χ1v) is 6.53. The standard InChI is InChI=1S/C12H25ClO/c1-2-3-4-5-6-7-8-9-10-11-12(13)14/h12,14H,2-11H2,1H3. The zero-order valence-corrected chi connectivity index (χ0v) is 10.2. The van der Waals surface area contributed by atoms with E-state index in [1.807, 2.05) is 0 Å². The van der Waals surface area contributed by atoms with Gasteiger partial charge in [-0.25, -0.2) is 0 Å². The zero-order chi connectivity index (χ0) is 10.6. The Kier molecular flexibility index (Phi) is 11.5. The van der Waals surface area contributed by atoms with Crippen LogP contribution in [0.4, 0.5) is 0 Å². The molecule has 0 radical (unpaired) electrons. The Morgan fingerprint density at radius 1 is 0.857 bits per heavy atom. The molecule has 86 valence electrons. The lowest BCUT2D eigenvalue weighted by Gasteiger charge is -2.02. The summed E-state index contributed by atoms with van der Waals surface area (Å²) in [5, 5.41) is 8.82. The molecule has 0 aliphatic rings. The molecule has 1 N–H and O–H groups in total. The molecule has 1 atom stereocenters. The van der Waals surface area contributed by atoms with Crippen LogP contribution in [-0.4, -0.2) is 10.7 Å². The molecule has 0 bridgehead atoms.